The number of carbonyl (C=O) groups is 4. The van der Waals surface area contributed by atoms with E-state index >= 15 is 0 Å². The second-order valence-corrected chi connectivity index (χ2v) is 22.3. The maximum atomic E-state index is 13.8. The van der Waals surface area contributed by atoms with Crippen LogP contribution in [0.2, 0.25) is 0 Å². The summed E-state index contributed by atoms with van der Waals surface area (Å²) in [6.45, 7) is 0.302. The number of cyclic esters (lactones) is 2. The molecule has 2 aromatic heterocycles. The van der Waals surface area contributed by atoms with Gasteiger partial charge in [-0.05, 0) is 94.0 Å². The molecule has 0 unspecified atom stereocenters. The third-order valence-electron chi connectivity index (χ3n) is 17.7. The number of fused-ring (bicyclic) bond motifs is 6. The molecule has 28 nitrogen and oxygen atoms in total. The number of rotatable bonds is 18. The average molecular weight is 1290 g/mol. The van der Waals surface area contributed by atoms with Gasteiger partial charge in [0.05, 0.1) is 132 Å². The van der Waals surface area contributed by atoms with Gasteiger partial charge in [-0.2, -0.15) is 0 Å². The number of carbonyl (C=O) groups excluding carboxylic acids is 4. The molecule has 4 aliphatic heterocycles. The van der Waals surface area contributed by atoms with Crippen molar-refractivity contribution in [2.75, 3.05) is 97.9 Å². The van der Waals surface area contributed by atoms with Crippen LogP contribution in [0.4, 0.5) is 0 Å². The number of aromatic nitrogens is 6. The standard InChI is InChI=1S/2C33H32N4O10/c1-40-18-8-17(9-19(10-18)41-2)37-13-23(35-36-37)32(38)34-30-21-12-25-24(46-15-47-25)11-20(21)28(29-22(30)14-45-33(29)39)16-6-26(42-3)31(44-5)27(7-16)43-4;1-40-22-7-6-17(10-23(22)41-2)37-13-21(35-36-37)32(38)34-30-19-12-25-24(46-15-47-25)11-18(19)28(29-20(30)14-45-33(29)39)16-8-26(42-3)31(44-5)27(9-16)43-4/h6-13,22,28-30H,14-15H2,1-5H3,(H,34,38);6-13,20,28-30H,14-15H2,1-5H3,(H,34,38)/t22-,28+,29-,30+;20-,28+,29-,30+/m00/s1. The minimum atomic E-state index is -0.657. The lowest BCUT2D eigenvalue weighted by molar-refractivity contribution is -0.142. The summed E-state index contributed by atoms with van der Waals surface area (Å²) in [5, 5.41) is 22.8. The molecule has 0 radical (unpaired) electrons. The monoisotopic (exact) mass is 1290 g/mol. The first-order valence-corrected chi connectivity index (χ1v) is 29.5. The highest BCUT2D eigenvalue weighted by atomic mass is 16.7. The highest BCUT2D eigenvalue weighted by Gasteiger charge is 2.55. The summed E-state index contributed by atoms with van der Waals surface area (Å²) in [5.41, 5.74) is 5.90. The van der Waals surface area contributed by atoms with Crippen LogP contribution in [0.5, 0.6) is 80.5 Å². The molecule has 14 rings (SSSR count). The number of methoxy groups -OCH3 is 10. The zero-order valence-corrected chi connectivity index (χ0v) is 52.5. The van der Waals surface area contributed by atoms with E-state index in [2.05, 4.69) is 31.3 Å². The molecular weight excluding hydrogens is 1220 g/mol. The number of hydrogen-bond donors (Lipinski definition) is 2. The molecule has 94 heavy (non-hydrogen) atoms. The zero-order valence-electron chi connectivity index (χ0n) is 52.5. The van der Waals surface area contributed by atoms with E-state index in [-0.39, 0.29) is 50.1 Å². The Kier molecular flexibility index (Phi) is 16.6. The summed E-state index contributed by atoms with van der Waals surface area (Å²) in [6, 6.07) is 23.9. The number of amides is 2. The second kappa shape index (κ2) is 25.4. The number of benzene rings is 6. The van der Waals surface area contributed by atoms with Crippen molar-refractivity contribution in [3.05, 3.63) is 142 Å². The maximum absolute atomic E-state index is 13.8. The highest BCUT2D eigenvalue weighted by molar-refractivity contribution is 5.93. The lowest BCUT2D eigenvalue weighted by atomic mass is 9.65. The smallest absolute Gasteiger partial charge is 0.310 e. The number of ether oxygens (including phenoxy) is 16. The van der Waals surface area contributed by atoms with Crippen LogP contribution >= 0.6 is 0 Å². The van der Waals surface area contributed by atoms with Gasteiger partial charge >= 0.3 is 11.9 Å². The van der Waals surface area contributed by atoms with E-state index in [1.54, 1.807) is 57.7 Å². The number of nitrogens with zero attached hydrogens (tertiary/aromatic N) is 6. The molecule has 0 spiro atoms. The van der Waals surface area contributed by atoms with Gasteiger partial charge in [-0.1, -0.05) is 10.4 Å². The molecule has 2 amide bonds. The molecule has 2 saturated heterocycles. The lowest BCUT2D eigenvalue weighted by Gasteiger charge is -2.39. The number of esters is 2. The van der Waals surface area contributed by atoms with Crippen molar-refractivity contribution in [3.63, 3.8) is 0 Å². The number of hydrogen-bond acceptors (Lipinski definition) is 24. The van der Waals surface area contributed by atoms with Crippen molar-refractivity contribution in [1.29, 1.82) is 0 Å². The van der Waals surface area contributed by atoms with Gasteiger partial charge in [0.15, 0.2) is 68.9 Å². The Hall–Kier alpha value is -11.3. The Balaban J connectivity index is 0.000000171. The Labute approximate surface area is 536 Å². The Morgan fingerprint density at radius 3 is 1.20 bits per heavy atom. The van der Waals surface area contributed by atoms with Crippen LogP contribution < -0.4 is 76.9 Å². The van der Waals surface area contributed by atoms with E-state index in [0.29, 0.717) is 91.9 Å². The molecule has 488 valence electrons. The fourth-order valence-electron chi connectivity index (χ4n) is 13.4. The molecule has 28 heteroatoms. The number of nitrogens with one attached hydrogen (secondary N) is 2. The second-order valence-electron chi connectivity index (χ2n) is 22.3. The Morgan fingerprint density at radius 1 is 0.426 bits per heavy atom. The first-order valence-electron chi connectivity index (χ1n) is 29.5. The van der Waals surface area contributed by atoms with Crippen LogP contribution in [0.25, 0.3) is 11.4 Å². The summed E-state index contributed by atoms with van der Waals surface area (Å²) < 4.78 is 92.3. The van der Waals surface area contributed by atoms with Gasteiger partial charge in [0.2, 0.25) is 25.1 Å². The molecule has 0 bridgehead atoms. The zero-order chi connectivity index (χ0) is 65.6. The molecule has 8 atom stereocenters. The van der Waals surface area contributed by atoms with E-state index in [9.17, 15) is 19.2 Å². The summed E-state index contributed by atoms with van der Waals surface area (Å²) in [6.07, 6.45) is 3.03. The SMILES string of the molecule is COc1cc(OC)cc(-n2cc(C(=O)N[C@@H]3c4cc5c(cc4[C@@H](c4cc(OC)c(OC)c(OC)c4)[C@H]4C(=O)OC[C@@H]43)OCO5)nn2)c1.COc1ccc(-n2cc(C(=O)N[C@@H]3c4cc5c(cc4[C@@H](c4cc(OC)c(OC)c(OC)c4)[C@H]4C(=O)OC[C@@H]43)OCO5)nn2)cc1OC. The molecule has 6 aromatic carbocycles. The van der Waals surface area contributed by atoms with Gasteiger partial charge in [-0.25, -0.2) is 9.36 Å². The van der Waals surface area contributed by atoms with Crippen LogP contribution in [-0.4, -0.2) is 152 Å². The van der Waals surface area contributed by atoms with Crippen molar-refractivity contribution >= 4 is 23.8 Å². The van der Waals surface area contributed by atoms with Gasteiger partial charge < -0.3 is 86.4 Å². The van der Waals surface area contributed by atoms with Gasteiger partial charge in [0, 0.05) is 47.9 Å². The molecule has 2 aliphatic carbocycles. The van der Waals surface area contributed by atoms with Gasteiger partial charge in [0.1, 0.15) is 11.5 Å². The van der Waals surface area contributed by atoms with E-state index in [0.717, 1.165) is 33.4 Å². The van der Waals surface area contributed by atoms with E-state index in [4.69, 9.17) is 75.8 Å². The summed E-state index contributed by atoms with van der Waals surface area (Å²) >= 11 is 0. The largest absolute Gasteiger partial charge is 0.497 e. The maximum Gasteiger partial charge on any atom is 0.310 e. The van der Waals surface area contributed by atoms with Crippen molar-refractivity contribution < 1.29 is 95.0 Å². The quantitative estimate of drug-likeness (QED) is 0.0826. The minimum Gasteiger partial charge on any atom is -0.497 e. The first kappa shape index (κ1) is 61.5. The third-order valence-corrected chi connectivity index (χ3v) is 17.7. The molecule has 0 saturated carbocycles. The highest BCUT2D eigenvalue weighted by Crippen LogP contribution is 2.58. The fraction of sp³-hybridized carbons (Fsp3) is 0.333. The molecule has 6 aliphatic rings. The van der Waals surface area contributed by atoms with Crippen molar-refractivity contribution in [2.45, 2.75) is 23.9 Å². The van der Waals surface area contributed by atoms with Crippen LogP contribution in [0.15, 0.2) is 97.3 Å². The van der Waals surface area contributed by atoms with Crippen molar-refractivity contribution in [2.24, 2.45) is 23.7 Å². The van der Waals surface area contributed by atoms with Gasteiger partial charge in [-0.3, -0.25) is 19.2 Å². The first-order chi connectivity index (χ1) is 45.7. The van der Waals surface area contributed by atoms with E-state index < -0.39 is 59.4 Å². The van der Waals surface area contributed by atoms with Crippen molar-refractivity contribution in [1.82, 2.24) is 40.6 Å². The van der Waals surface area contributed by atoms with Crippen molar-refractivity contribution in [3.8, 4) is 91.9 Å². The van der Waals surface area contributed by atoms with Crippen LogP contribution in [-0.2, 0) is 19.1 Å². The lowest BCUT2D eigenvalue weighted by Crippen LogP contribution is -2.43. The summed E-state index contributed by atoms with van der Waals surface area (Å²) in [4.78, 5) is 54.6. The Bertz CT molecular complexity index is 4210. The average Bonchev–Trinajstić information content (AvgIpc) is 1.42. The minimum absolute atomic E-state index is 0.0527. The molecule has 2 fully saturated rings. The molecule has 8 aromatic rings. The van der Waals surface area contributed by atoms with Crippen LogP contribution in [0.3, 0.4) is 0 Å². The molecule has 2 N–H and O–H groups in total. The fourth-order valence-corrected chi connectivity index (χ4v) is 13.4. The predicted molar refractivity (Wildman–Crippen MR) is 326 cm³/mol. The molecule has 6 heterocycles. The third kappa shape index (κ3) is 10.8. The predicted octanol–water partition coefficient (Wildman–Crippen LogP) is 6.89. The van der Waals surface area contributed by atoms with Gasteiger partial charge in [-0.15, -0.1) is 10.2 Å². The van der Waals surface area contributed by atoms with E-state index in [1.807, 2.05) is 48.5 Å². The van der Waals surface area contributed by atoms with Gasteiger partial charge in [0.25, 0.3) is 11.8 Å². The van der Waals surface area contributed by atoms with Crippen LogP contribution in [0.1, 0.15) is 78.3 Å². The normalized spacial score (nSPS) is 20.5. The summed E-state index contributed by atoms with van der Waals surface area (Å²) in [7, 11) is 15.4. The molecular formula is C66H64N8O20. The van der Waals surface area contributed by atoms with Crippen LogP contribution in [0, 0.1) is 23.7 Å². The Morgan fingerprint density at radius 2 is 0.819 bits per heavy atom. The van der Waals surface area contributed by atoms with E-state index in [1.165, 1.54) is 71.5 Å². The summed E-state index contributed by atoms with van der Waals surface area (Å²) in [5.74, 6) is 2.06. The topological polar surface area (TPSA) is 301 Å².